The Hall–Kier alpha value is -2.17. The zero-order chi connectivity index (χ0) is 22.0. The molecule has 1 N–H and O–H groups in total. The molecule has 2 amide bonds. The average Bonchev–Trinajstić information content (AvgIpc) is 2.77. The largest absolute Gasteiger partial charge is 0.482 e. The number of rotatable bonds is 5. The van der Waals surface area contributed by atoms with Crippen molar-refractivity contribution < 1.29 is 27.5 Å². The van der Waals surface area contributed by atoms with Crippen molar-refractivity contribution in [2.24, 2.45) is 5.92 Å². The van der Waals surface area contributed by atoms with Crippen molar-refractivity contribution in [3.63, 3.8) is 0 Å². The van der Waals surface area contributed by atoms with E-state index in [2.05, 4.69) is 12.2 Å². The first-order valence-corrected chi connectivity index (χ1v) is 12.2. The van der Waals surface area contributed by atoms with Crippen LogP contribution in [0.5, 0.6) is 5.75 Å². The SMILES string of the molecule is C[C@@H]1CCCC[C@H]1NC(=O)CN1C(=O)COc2ccc(S(=O)(=O)N3CCOCC3)cc21. The van der Waals surface area contributed by atoms with E-state index in [0.717, 1.165) is 19.3 Å². The van der Waals surface area contributed by atoms with Gasteiger partial charge >= 0.3 is 0 Å². The van der Waals surface area contributed by atoms with Gasteiger partial charge in [0.25, 0.3) is 5.91 Å². The zero-order valence-corrected chi connectivity index (χ0v) is 18.5. The molecule has 170 valence electrons. The molecule has 0 unspecified atom stereocenters. The molecule has 1 saturated carbocycles. The minimum absolute atomic E-state index is 0.0674. The molecule has 31 heavy (non-hydrogen) atoms. The molecule has 2 heterocycles. The van der Waals surface area contributed by atoms with Gasteiger partial charge in [0.05, 0.1) is 23.8 Å². The van der Waals surface area contributed by atoms with E-state index < -0.39 is 10.0 Å². The van der Waals surface area contributed by atoms with E-state index in [1.807, 2.05) is 0 Å². The Morgan fingerprint density at radius 1 is 1.19 bits per heavy atom. The summed E-state index contributed by atoms with van der Waals surface area (Å²) in [6.45, 7) is 3.02. The number of fused-ring (bicyclic) bond motifs is 1. The van der Waals surface area contributed by atoms with Gasteiger partial charge in [-0.1, -0.05) is 19.8 Å². The summed E-state index contributed by atoms with van der Waals surface area (Å²) in [5.74, 6) is 0.164. The molecule has 1 aliphatic carbocycles. The van der Waals surface area contributed by atoms with Gasteiger partial charge in [-0.3, -0.25) is 14.5 Å². The summed E-state index contributed by atoms with van der Waals surface area (Å²) in [5.41, 5.74) is 0.303. The van der Waals surface area contributed by atoms with E-state index >= 15 is 0 Å². The molecule has 2 aliphatic heterocycles. The Balaban J connectivity index is 1.54. The molecule has 2 atom stereocenters. The smallest absolute Gasteiger partial charge is 0.265 e. The van der Waals surface area contributed by atoms with Crippen LogP contribution in [0.4, 0.5) is 5.69 Å². The molecule has 0 aromatic heterocycles. The Morgan fingerprint density at radius 3 is 2.68 bits per heavy atom. The Labute approximate surface area is 182 Å². The number of hydrogen-bond donors (Lipinski definition) is 1. The van der Waals surface area contributed by atoms with Crippen molar-refractivity contribution >= 4 is 27.5 Å². The number of nitrogens with zero attached hydrogens (tertiary/aromatic N) is 2. The molecule has 1 saturated heterocycles. The number of hydrogen-bond acceptors (Lipinski definition) is 6. The third kappa shape index (κ3) is 4.70. The maximum atomic E-state index is 13.0. The summed E-state index contributed by atoms with van der Waals surface area (Å²) in [6, 6.07) is 4.54. The highest BCUT2D eigenvalue weighted by Gasteiger charge is 2.32. The van der Waals surface area contributed by atoms with Gasteiger partial charge in [0, 0.05) is 19.1 Å². The number of ether oxygens (including phenoxy) is 2. The fraction of sp³-hybridized carbons (Fsp3) is 0.619. The second-order valence-corrected chi connectivity index (χ2v) is 10.3. The van der Waals surface area contributed by atoms with Crippen LogP contribution in [0.25, 0.3) is 0 Å². The average molecular weight is 452 g/mol. The highest BCUT2D eigenvalue weighted by Crippen LogP contribution is 2.35. The van der Waals surface area contributed by atoms with Crippen LogP contribution in [-0.4, -0.2) is 70.0 Å². The van der Waals surface area contributed by atoms with E-state index in [9.17, 15) is 18.0 Å². The van der Waals surface area contributed by atoms with Crippen LogP contribution in [-0.2, 0) is 24.3 Å². The molecular formula is C21H29N3O6S. The Bertz CT molecular complexity index is 944. The summed E-state index contributed by atoms with van der Waals surface area (Å²) in [5, 5.41) is 3.05. The number of nitrogens with one attached hydrogen (secondary N) is 1. The van der Waals surface area contributed by atoms with Gasteiger partial charge in [-0.2, -0.15) is 4.31 Å². The first kappa shape index (κ1) is 22.0. The van der Waals surface area contributed by atoms with E-state index in [1.165, 1.54) is 27.8 Å². The molecule has 1 aromatic rings. The van der Waals surface area contributed by atoms with E-state index in [1.54, 1.807) is 6.07 Å². The van der Waals surface area contributed by atoms with Crippen molar-refractivity contribution in [1.29, 1.82) is 0 Å². The predicted octanol–water partition coefficient (Wildman–Crippen LogP) is 1.13. The summed E-state index contributed by atoms with van der Waals surface area (Å²) < 4.78 is 38.1. The lowest BCUT2D eigenvalue weighted by Gasteiger charge is -2.32. The predicted molar refractivity (Wildman–Crippen MR) is 113 cm³/mol. The molecule has 0 bridgehead atoms. The molecule has 4 rings (SSSR count). The molecule has 1 aromatic carbocycles. The van der Waals surface area contributed by atoms with Gasteiger partial charge < -0.3 is 14.8 Å². The highest BCUT2D eigenvalue weighted by molar-refractivity contribution is 7.89. The molecule has 0 radical (unpaired) electrons. The van der Waals surface area contributed by atoms with Crippen LogP contribution in [0.15, 0.2) is 23.1 Å². The molecule has 10 heteroatoms. The normalized spacial score (nSPS) is 24.9. The van der Waals surface area contributed by atoms with Crippen LogP contribution in [0.2, 0.25) is 0 Å². The first-order valence-electron chi connectivity index (χ1n) is 10.8. The van der Waals surface area contributed by atoms with Crippen LogP contribution >= 0.6 is 0 Å². The number of benzene rings is 1. The fourth-order valence-electron chi connectivity index (χ4n) is 4.38. The second kappa shape index (κ2) is 9.13. The van der Waals surface area contributed by atoms with Gasteiger partial charge in [0.2, 0.25) is 15.9 Å². The lowest BCUT2D eigenvalue weighted by molar-refractivity contribution is -0.126. The number of morpholine rings is 1. The summed E-state index contributed by atoms with van der Waals surface area (Å²) in [7, 11) is -3.74. The summed E-state index contributed by atoms with van der Waals surface area (Å²) in [4.78, 5) is 26.7. The highest BCUT2D eigenvalue weighted by atomic mass is 32.2. The maximum Gasteiger partial charge on any atom is 0.265 e. The quantitative estimate of drug-likeness (QED) is 0.720. The van der Waals surface area contributed by atoms with E-state index in [4.69, 9.17) is 9.47 Å². The van der Waals surface area contributed by atoms with Crippen LogP contribution < -0.4 is 15.0 Å². The zero-order valence-electron chi connectivity index (χ0n) is 17.7. The number of amides is 2. The fourth-order valence-corrected chi connectivity index (χ4v) is 5.81. The van der Waals surface area contributed by atoms with Crippen molar-refractivity contribution in [2.45, 2.75) is 43.5 Å². The maximum absolute atomic E-state index is 13.0. The topological polar surface area (TPSA) is 105 Å². The van der Waals surface area contributed by atoms with Gasteiger partial charge in [-0.25, -0.2) is 8.42 Å². The second-order valence-electron chi connectivity index (χ2n) is 8.35. The van der Waals surface area contributed by atoms with Crippen LogP contribution in [0.1, 0.15) is 32.6 Å². The number of sulfonamides is 1. The van der Waals surface area contributed by atoms with E-state index in [-0.39, 0.29) is 49.0 Å². The first-order chi connectivity index (χ1) is 14.9. The number of carbonyl (C=O) groups is 2. The van der Waals surface area contributed by atoms with Gasteiger partial charge in [0.15, 0.2) is 6.61 Å². The van der Waals surface area contributed by atoms with Crippen molar-refractivity contribution in [3.8, 4) is 5.75 Å². The minimum atomic E-state index is -3.74. The summed E-state index contributed by atoms with van der Waals surface area (Å²) >= 11 is 0. The van der Waals surface area contributed by atoms with Crippen LogP contribution in [0, 0.1) is 5.92 Å². The minimum Gasteiger partial charge on any atom is -0.482 e. The summed E-state index contributed by atoms with van der Waals surface area (Å²) in [6.07, 6.45) is 4.26. The van der Waals surface area contributed by atoms with E-state index in [0.29, 0.717) is 30.6 Å². The van der Waals surface area contributed by atoms with Gasteiger partial charge in [-0.05, 0) is 37.0 Å². The standard InChI is InChI=1S/C21H29N3O6S/c1-15-4-2-3-5-17(15)22-20(25)13-24-18-12-16(6-7-19(18)30-14-21(24)26)31(27,28)23-8-10-29-11-9-23/h6-7,12,15,17H,2-5,8-11,13-14H2,1H3,(H,22,25)/t15-,17-/m1/s1. The number of carbonyl (C=O) groups excluding carboxylic acids is 2. The third-order valence-corrected chi connectivity index (χ3v) is 8.14. The molecule has 3 aliphatic rings. The number of anilines is 1. The van der Waals surface area contributed by atoms with Gasteiger partial charge in [0.1, 0.15) is 12.3 Å². The van der Waals surface area contributed by atoms with Crippen LogP contribution in [0.3, 0.4) is 0 Å². The Kier molecular flexibility index (Phi) is 6.49. The monoisotopic (exact) mass is 451 g/mol. The lowest BCUT2D eigenvalue weighted by atomic mass is 9.86. The van der Waals surface area contributed by atoms with Crippen molar-refractivity contribution in [1.82, 2.24) is 9.62 Å². The Morgan fingerprint density at radius 2 is 1.94 bits per heavy atom. The third-order valence-electron chi connectivity index (χ3n) is 6.24. The molecule has 2 fully saturated rings. The molecule has 9 nitrogen and oxygen atoms in total. The lowest BCUT2D eigenvalue weighted by Crippen LogP contribution is -2.49. The molecule has 0 spiro atoms. The van der Waals surface area contributed by atoms with Crippen molar-refractivity contribution in [3.05, 3.63) is 18.2 Å². The molecular weight excluding hydrogens is 422 g/mol. The van der Waals surface area contributed by atoms with Crippen molar-refractivity contribution in [2.75, 3.05) is 44.4 Å². The van der Waals surface area contributed by atoms with Gasteiger partial charge in [-0.15, -0.1) is 0 Å².